The molecule has 0 heterocycles. The normalized spacial score (nSPS) is 13.9. The third-order valence-electron chi connectivity index (χ3n) is 0.354. The SMILES string of the molecule is C1CC1.O=C(O)F. The van der Waals surface area contributed by atoms with Gasteiger partial charge in [0.1, 0.15) is 0 Å². The Bertz CT molecular complexity index is 54.0. The summed E-state index contributed by atoms with van der Waals surface area (Å²) in [4.78, 5) is 8.33. The summed E-state index contributed by atoms with van der Waals surface area (Å²) in [5.41, 5.74) is 0. The van der Waals surface area contributed by atoms with Crippen molar-refractivity contribution in [2.24, 2.45) is 0 Å². The summed E-state index contributed by atoms with van der Waals surface area (Å²) in [5.74, 6) is 0. The molecule has 0 radical (unpaired) electrons. The van der Waals surface area contributed by atoms with Gasteiger partial charge in [0, 0.05) is 0 Å². The third kappa shape index (κ3) is 390. The van der Waals surface area contributed by atoms with Crippen LogP contribution in [0.15, 0.2) is 0 Å². The fourth-order valence-corrected chi connectivity index (χ4v) is 0. The van der Waals surface area contributed by atoms with Crippen LogP contribution >= 0.6 is 0 Å². The van der Waals surface area contributed by atoms with Gasteiger partial charge in [0.25, 0.3) is 0 Å². The monoisotopic (exact) mass is 106 g/mol. The fourth-order valence-electron chi connectivity index (χ4n) is 0. The largest absolute Gasteiger partial charge is 0.492 e. The average molecular weight is 106 g/mol. The van der Waals surface area contributed by atoms with Gasteiger partial charge in [0.05, 0.1) is 0 Å². The Kier molecular flexibility index (Phi) is 3.28. The molecule has 2 nitrogen and oxygen atoms in total. The highest BCUT2D eigenvalue weighted by molar-refractivity contribution is 5.54. The van der Waals surface area contributed by atoms with Crippen molar-refractivity contribution in [3.05, 3.63) is 0 Å². The van der Waals surface area contributed by atoms with Gasteiger partial charge >= 0.3 is 6.22 Å². The maximum Gasteiger partial charge on any atom is 0.492 e. The van der Waals surface area contributed by atoms with E-state index in [9.17, 15) is 4.39 Å². The highest BCUT2D eigenvalue weighted by Crippen LogP contribution is 2.14. The lowest BCUT2D eigenvalue weighted by atomic mass is 11.0. The van der Waals surface area contributed by atoms with Crippen LogP contribution in [0.5, 0.6) is 0 Å². The van der Waals surface area contributed by atoms with Gasteiger partial charge in [-0.05, 0) is 0 Å². The van der Waals surface area contributed by atoms with E-state index in [0.29, 0.717) is 0 Å². The van der Waals surface area contributed by atoms with E-state index in [-0.39, 0.29) is 0 Å². The molecule has 0 spiro atoms. The number of carboxylic acid groups (broad SMARTS) is 1. The molecule has 0 aromatic carbocycles. The summed E-state index contributed by atoms with van der Waals surface area (Å²) < 4.78 is 9.92. The lowest BCUT2D eigenvalue weighted by Crippen LogP contribution is -1.69. The van der Waals surface area contributed by atoms with Crippen LogP contribution in [0.3, 0.4) is 0 Å². The smallest absolute Gasteiger partial charge is 0.456 e. The Morgan fingerprint density at radius 1 is 1.43 bits per heavy atom. The first-order valence-electron chi connectivity index (χ1n) is 2.12. The molecule has 1 aliphatic rings. The first-order valence-corrected chi connectivity index (χ1v) is 2.12. The predicted molar refractivity (Wildman–Crippen MR) is 23.0 cm³/mol. The number of rotatable bonds is 0. The van der Waals surface area contributed by atoms with Gasteiger partial charge < -0.3 is 5.11 Å². The molecule has 0 aromatic heterocycles. The molecular formula is C4H7FO2. The molecule has 1 fully saturated rings. The van der Waals surface area contributed by atoms with Crippen LogP contribution in [0.4, 0.5) is 9.18 Å². The van der Waals surface area contributed by atoms with Crippen LogP contribution in [-0.2, 0) is 0 Å². The third-order valence-corrected chi connectivity index (χ3v) is 0.354. The van der Waals surface area contributed by atoms with Crippen molar-refractivity contribution in [1.29, 1.82) is 0 Å². The van der Waals surface area contributed by atoms with Gasteiger partial charge in [0.15, 0.2) is 0 Å². The number of carbonyl (C=O) groups is 1. The van der Waals surface area contributed by atoms with E-state index in [1.54, 1.807) is 0 Å². The van der Waals surface area contributed by atoms with Gasteiger partial charge in [-0.25, -0.2) is 4.79 Å². The summed E-state index contributed by atoms with van der Waals surface area (Å²) in [6.45, 7) is 0. The van der Waals surface area contributed by atoms with Crippen LogP contribution < -0.4 is 0 Å². The Morgan fingerprint density at radius 3 is 1.57 bits per heavy atom. The molecule has 1 N–H and O–H groups in total. The van der Waals surface area contributed by atoms with E-state index in [1.165, 1.54) is 19.3 Å². The zero-order chi connectivity index (χ0) is 5.70. The van der Waals surface area contributed by atoms with Gasteiger partial charge in [-0.3, -0.25) is 0 Å². The second kappa shape index (κ2) is 3.59. The molecular weight excluding hydrogens is 99.0 g/mol. The molecule has 1 aliphatic carbocycles. The molecule has 7 heavy (non-hydrogen) atoms. The molecule has 3 heteroatoms. The lowest BCUT2D eigenvalue weighted by molar-refractivity contribution is 0.169. The minimum absolute atomic E-state index is 1.50. The van der Waals surface area contributed by atoms with Gasteiger partial charge in [-0.15, -0.1) is 4.39 Å². The van der Waals surface area contributed by atoms with Crippen molar-refractivity contribution in [2.45, 2.75) is 19.3 Å². The van der Waals surface area contributed by atoms with E-state index in [4.69, 9.17) is 9.90 Å². The van der Waals surface area contributed by atoms with Crippen molar-refractivity contribution < 1.29 is 14.3 Å². The first kappa shape index (κ1) is 6.40. The molecule has 0 saturated heterocycles. The minimum Gasteiger partial charge on any atom is -0.456 e. The van der Waals surface area contributed by atoms with Gasteiger partial charge in [-0.2, -0.15) is 0 Å². The van der Waals surface area contributed by atoms with Gasteiger partial charge in [-0.1, -0.05) is 19.3 Å². The number of hydrogen-bond acceptors (Lipinski definition) is 1. The Labute approximate surface area is 41.0 Å². The van der Waals surface area contributed by atoms with Crippen molar-refractivity contribution >= 4 is 6.22 Å². The minimum atomic E-state index is -2.33. The summed E-state index contributed by atoms with van der Waals surface area (Å²) in [7, 11) is 0. The fraction of sp³-hybridized carbons (Fsp3) is 0.750. The van der Waals surface area contributed by atoms with E-state index >= 15 is 0 Å². The van der Waals surface area contributed by atoms with E-state index in [1.807, 2.05) is 0 Å². The molecule has 0 unspecified atom stereocenters. The van der Waals surface area contributed by atoms with Crippen LogP contribution in [0.1, 0.15) is 19.3 Å². The second-order valence-corrected chi connectivity index (χ2v) is 1.31. The van der Waals surface area contributed by atoms with Crippen LogP contribution in [0.2, 0.25) is 0 Å². The summed E-state index contributed by atoms with van der Waals surface area (Å²) in [6.07, 6.45) is 2.17. The van der Waals surface area contributed by atoms with Crippen LogP contribution in [0.25, 0.3) is 0 Å². The molecule has 0 aromatic rings. The molecule has 42 valence electrons. The zero-order valence-electron chi connectivity index (χ0n) is 3.85. The van der Waals surface area contributed by atoms with Gasteiger partial charge in [0.2, 0.25) is 0 Å². The predicted octanol–water partition coefficient (Wildman–Crippen LogP) is 1.80. The molecule has 0 bridgehead atoms. The average Bonchev–Trinajstić information content (AvgIpc) is 2.02. The van der Waals surface area contributed by atoms with E-state index in [0.717, 1.165) is 0 Å². The second-order valence-electron chi connectivity index (χ2n) is 1.31. The highest BCUT2D eigenvalue weighted by atomic mass is 19.1. The van der Waals surface area contributed by atoms with Crippen LogP contribution in [-0.4, -0.2) is 11.3 Å². The van der Waals surface area contributed by atoms with Crippen molar-refractivity contribution in [1.82, 2.24) is 0 Å². The van der Waals surface area contributed by atoms with Crippen molar-refractivity contribution in [2.75, 3.05) is 0 Å². The molecule has 1 saturated carbocycles. The standard InChI is InChI=1S/C3H6.CHFO2/c1-2-3-1;2-1(3)4/h1-3H2;(H,3,4). The zero-order valence-corrected chi connectivity index (χ0v) is 3.85. The quantitative estimate of drug-likeness (QED) is 0.478. The van der Waals surface area contributed by atoms with Crippen molar-refractivity contribution in [3.8, 4) is 0 Å². The highest BCUT2D eigenvalue weighted by Gasteiger charge is 1.95. The number of halogens is 1. The summed E-state index contributed by atoms with van der Waals surface area (Å²) in [6, 6.07) is 0. The Balaban J connectivity index is 0.000000105. The maximum absolute atomic E-state index is 9.92. The maximum atomic E-state index is 9.92. The van der Waals surface area contributed by atoms with Crippen LogP contribution in [0, 0.1) is 0 Å². The topological polar surface area (TPSA) is 37.3 Å². The number of hydrogen-bond donors (Lipinski definition) is 1. The molecule has 0 aliphatic heterocycles. The summed E-state index contributed by atoms with van der Waals surface area (Å²) in [5, 5.41) is 6.75. The molecule has 1 rings (SSSR count). The van der Waals surface area contributed by atoms with E-state index < -0.39 is 6.22 Å². The Morgan fingerprint density at radius 2 is 1.57 bits per heavy atom. The Hall–Kier alpha value is -0.600. The lowest BCUT2D eigenvalue weighted by Gasteiger charge is -1.53. The first-order chi connectivity index (χ1) is 3.23. The van der Waals surface area contributed by atoms with E-state index in [2.05, 4.69) is 0 Å². The molecule has 0 atom stereocenters. The molecule has 0 amide bonds. The summed E-state index contributed by atoms with van der Waals surface area (Å²) >= 11 is 0. The van der Waals surface area contributed by atoms with Crippen molar-refractivity contribution in [3.63, 3.8) is 0 Å².